The molecule has 0 aromatic heterocycles. The maximum Gasteiger partial charge on any atom is 0.261 e. The average Bonchev–Trinajstić information content (AvgIpc) is 3.25. The SMILES string of the molecule is NC1CCCCCCC1.O=C1c2cccc3c(Cl)ccc(c23)C(=O)N1CCCCCO.O=C1c2cccc3c(NC4CCCCCCC4)ccc(c23)C(=O)N1CCCCCO. The first-order valence-corrected chi connectivity index (χ1v) is 23.4. The van der Waals surface area contributed by atoms with Crippen LogP contribution in [0.25, 0.3) is 21.5 Å². The van der Waals surface area contributed by atoms with Gasteiger partial charge in [-0.1, -0.05) is 100 Å². The van der Waals surface area contributed by atoms with Crippen LogP contribution in [0.15, 0.2) is 60.7 Å². The molecule has 0 saturated heterocycles. The lowest BCUT2D eigenvalue weighted by Crippen LogP contribution is -2.41. The molecule has 0 radical (unpaired) electrons. The minimum atomic E-state index is -0.269. The van der Waals surface area contributed by atoms with Crippen LogP contribution in [0.5, 0.6) is 0 Å². The summed E-state index contributed by atoms with van der Waals surface area (Å²) in [6, 6.07) is 19.3. The Morgan fingerprint density at radius 1 is 0.525 bits per heavy atom. The second-order valence-corrected chi connectivity index (χ2v) is 17.5. The van der Waals surface area contributed by atoms with E-state index in [0.717, 1.165) is 34.7 Å². The number of aliphatic hydroxyl groups excluding tert-OH is 2. The number of halogens is 1. The molecule has 2 fully saturated rings. The van der Waals surface area contributed by atoms with Gasteiger partial charge in [0.05, 0.1) is 0 Å². The third kappa shape index (κ3) is 11.6. The third-order valence-corrected chi connectivity index (χ3v) is 13.0. The van der Waals surface area contributed by atoms with E-state index in [4.69, 9.17) is 27.5 Å². The van der Waals surface area contributed by atoms with Crippen LogP contribution in [0.4, 0.5) is 5.69 Å². The van der Waals surface area contributed by atoms with E-state index in [1.54, 1.807) is 24.3 Å². The van der Waals surface area contributed by atoms with Gasteiger partial charge in [0.2, 0.25) is 0 Å². The average molecular weight is 854 g/mol. The molecule has 2 aliphatic heterocycles. The van der Waals surface area contributed by atoms with Gasteiger partial charge in [-0.15, -0.1) is 0 Å². The molecular weight excluding hydrogens is 788 g/mol. The second-order valence-electron chi connectivity index (χ2n) is 17.1. The highest BCUT2D eigenvalue weighted by molar-refractivity contribution is 6.38. The zero-order valence-corrected chi connectivity index (χ0v) is 36.5. The summed E-state index contributed by atoms with van der Waals surface area (Å²) in [5, 5.41) is 25.2. The van der Waals surface area contributed by atoms with Crippen molar-refractivity contribution < 1.29 is 29.4 Å². The number of unbranched alkanes of at least 4 members (excludes halogenated alkanes) is 4. The lowest BCUT2D eigenvalue weighted by Gasteiger charge is -2.29. The highest BCUT2D eigenvalue weighted by Crippen LogP contribution is 2.37. The Labute approximate surface area is 366 Å². The Bertz CT molecular complexity index is 2080. The first-order valence-electron chi connectivity index (χ1n) is 23.0. The Morgan fingerprint density at radius 3 is 1.46 bits per heavy atom. The number of rotatable bonds is 12. The molecule has 5 N–H and O–H groups in total. The van der Waals surface area contributed by atoms with Gasteiger partial charge in [0.1, 0.15) is 0 Å². The number of carbonyl (C=O) groups excluding carboxylic acids is 4. The van der Waals surface area contributed by atoms with Gasteiger partial charge in [-0.05, 0) is 101 Å². The molecule has 2 saturated carbocycles. The fourth-order valence-corrected chi connectivity index (χ4v) is 9.43. The van der Waals surface area contributed by atoms with Crippen molar-refractivity contribution in [1.82, 2.24) is 9.80 Å². The molecule has 0 unspecified atom stereocenters. The Hall–Kier alpha value is -4.35. The number of nitrogens with zero attached hydrogens (tertiary/aromatic N) is 2. The summed E-state index contributed by atoms with van der Waals surface area (Å²) in [6.07, 6.45) is 22.7. The van der Waals surface area contributed by atoms with Crippen LogP contribution < -0.4 is 11.1 Å². The van der Waals surface area contributed by atoms with E-state index in [9.17, 15) is 19.2 Å². The van der Waals surface area contributed by atoms with Gasteiger partial charge in [0.25, 0.3) is 23.6 Å². The summed E-state index contributed by atoms with van der Waals surface area (Å²) in [7, 11) is 0. The van der Waals surface area contributed by atoms with E-state index in [2.05, 4.69) is 5.32 Å². The van der Waals surface area contributed by atoms with Crippen molar-refractivity contribution in [1.29, 1.82) is 0 Å². The van der Waals surface area contributed by atoms with Crippen LogP contribution in [0.1, 0.15) is 170 Å². The molecule has 4 aliphatic rings. The summed E-state index contributed by atoms with van der Waals surface area (Å²) in [5.41, 5.74) is 9.11. The molecule has 11 heteroatoms. The smallest absolute Gasteiger partial charge is 0.261 e. The van der Waals surface area contributed by atoms with Crippen LogP contribution in [0, 0.1) is 0 Å². The van der Waals surface area contributed by atoms with E-state index in [0.29, 0.717) is 83.5 Å². The molecule has 0 bridgehead atoms. The van der Waals surface area contributed by atoms with Crippen LogP contribution >= 0.6 is 11.6 Å². The van der Waals surface area contributed by atoms with E-state index in [1.165, 1.54) is 99.7 Å². The van der Waals surface area contributed by atoms with Gasteiger partial charge in [-0.25, -0.2) is 0 Å². The normalized spacial score (nSPS) is 17.5. The molecule has 61 heavy (non-hydrogen) atoms. The van der Waals surface area contributed by atoms with Crippen molar-refractivity contribution in [3.05, 3.63) is 87.9 Å². The Morgan fingerprint density at radius 2 is 0.951 bits per heavy atom. The lowest BCUT2D eigenvalue weighted by atomic mass is 9.92. The van der Waals surface area contributed by atoms with Gasteiger partial charge in [0.15, 0.2) is 0 Å². The first kappa shape index (κ1) is 46.2. The van der Waals surface area contributed by atoms with Gasteiger partial charge < -0.3 is 21.3 Å². The summed E-state index contributed by atoms with van der Waals surface area (Å²) in [4.78, 5) is 54.1. The van der Waals surface area contributed by atoms with Crippen molar-refractivity contribution in [3.63, 3.8) is 0 Å². The summed E-state index contributed by atoms with van der Waals surface area (Å²) in [5.74, 6) is -0.945. The Kier molecular flexibility index (Phi) is 17.6. The van der Waals surface area contributed by atoms with E-state index < -0.39 is 0 Å². The van der Waals surface area contributed by atoms with Crippen molar-refractivity contribution in [2.75, 3.05) is 31.6 Å². The molecule has 2 aliphatic carbocycles. The lowest BCUT2D eigenvalue weighted by molar-refractivity contribution is 0.0591. The maximum atomic E-state index is 13.1. The predicted octanol–water partition coefficient (Wildman–Crippen LogP) is 10.4. The number of benzene rings is 4. The third-order valence-electron chi connectivity index (χ3n) is 12.6. The molecule has 10 nitrogen and oxygen atoms in total. The van der Waals surface area contributed by atoms with E-state index in [-0.39, 0.29) is 36.8 Å². The van der Waals surface area contributed by atoms with E-state index >= 15 is 0 Å². The number of nitrogens with one attached hydrogen (secondary N) is 1. The molecule has 4 amide bonds. The molecule has 0 spiro atoms. The second kappa shape index (κ2) is 23.2. The van der Waals surface area contributed by atoms with Gasteiger partial charge in [-0.2, -0.15) is 0 Å². The summed E-state index contributed by atoms with van der Waals surface area (Å²) < 4.78 is 0. The highest BCUT2D eigenvalue weighted by Gasteiger charge is 2.34. The predicted molar refractivity (Wildman–Crippen MR) is 246 cm³/mol. The Balaban J connectivity index is 0.000000175. The number of hydrogen-bond acceptors (Lipinski definition) is 8. The minimum Gasteiger partial charge on any atom is -0.396 e. The molecule has 4 aromatic carbocycles. The molecule has 8 rings (SSSR count). The number of nitrogens with two attached hydrogens (primary N) is 1. The van der Waals surface area contributed by atoms with E-state index in [1.807, 2.05) is 36.4 Å². The van der Waals surface area contributed by atoms with Crippen LogP contribution in [-0.4, -0.2) is 82.0 Å². The zero-order valence-electron chi connectivity index (χ0n) is 35.8. The van der Waals surface area contributed by atoms with Crippen molar-refractivity contribution >= 4 is 62.5 Å². The van der Waals surface area contributed by atoms with Crippen molar-refractivity contribution in [2.24, 2.45) is 5.73 Å². The number of hydrogen-bond donors (Lipinski definition) is 4. The highest BCUT2D eigenvalue weighted by atomic mass is 35.5. The van der Waals surface area contributed by atoms with Crippen LogP contribution in [-0.2, 0) is 0 Å². The maximum absolute atomic E-state index is 13.1. The standard InChI is InChI=1S/C25H32N2O3.C17H16ClNO3.C8H17N/c28-17-8-4-7-16-27-24(29)20-13-9-12-19-22(15-14-21(23(19)20)25(27)30)26-18-10-5-2-1-3-6-11-18;18-14-8-7-13-15-11(14)5-4-6-12(15)16(21)19(17(13)22)9-2-1-3-10-20;9-8-6-4-2-1-3-5-7-8/h9,12-15,18,26,28H,1-8,10-11,16-17H2;4-8,20H,1-3,9-10H2;8H,1-7,9H2. The molecule has 4 aromatic rings. The van der Waals surface area contributed by atoms with Crippen LogP contribution in [0.2, 0.25) is 5.02 Å². The van der Waals surface area contributed by atoms with Crippen LogP contribution in [0.3, 0.4) is 0 Å². The fraction of sp³-hybridized carbons (Fsp3) is 0.520. The van der Waals surface area contributed by atoms with Gasteiger partial charge in [-0.3, -0.25) is 29.0 Å². The number of amides is 4. The molecular formula is C50H65ClN4O6. The number of aliphatic hydroxyl groups is 2. The first-order chi connectivity index (χ1) is 29.7. The van der Waals surface area contributed by atoms with Gasteiger partial charge in [0, 0.05) is 92.9 Å². The number of carbonyl (C=O) groups is 4. The van der Waals surface area contributed by atoms with Gasteiger partial charge >= 0.3 is 0 Å². The quantitative estimate of drug-likeness (QED) is 0.0812. The fourth-order valence-electron chi connectivity index (χ4n) is 9.21. The minimum absolute atomic E-state index is 0.128. The van der Waals surface area contributed by atoms with Crippen molar-refractivity contribution in [2.45, 2.75) is 141 Å². The zero-order chi connectivity index (χ0) is 43.1. The monoisotopic (exact) mass is 852 g/mol. The summed E-state index contributed by atoms with van der Waals surface area (Å²) >= 11 is 6.17. The summed E-state index contributed by atoms with van der Waals surface area (Å²) in [6.45, 7) is 1.04. The van der Waals surface area contributed by atoms with Crippen molar-refractivity contribution in [3.8, 4) is 0 Å². The number of imide groups is 2. The topological polar surface area (TPSA) is 153 Å². The molecule has 2 heterocycles. The molecule has 328 valence electrons. The molecule has 0 atom stereocenters. The largest absolute Gasteiger partial charge is 0.396 e. The number of anilines is 1.